The number of halogens is 2. The van der Waals surface area contributed by atoms with Crippen molar-refractivity contribution in [3.63, 3.8) is 0 Å². The van der Waals surface area contributed by atoms with E-state index in [9.17, 15) is 5.11 Å². The minimum Gasteiger partial charge on any atom is -0.384 e. The fourth-order valence-electron chi connectivity index (χ4n) is 1.65. The largest absolute Gasteiger partial charge is 0.384 e. The maximum atomic E-state index is 10.3. The van der Waals surface area contributed by atoms with Crippen LogP contribution in [0.2, 0.25) is 5.02 Å². The van der Waals surface area contributed by atoms with Crippen LogP contribution in [0, 0.1) is 10.5 Å². The van der Waals surface area contributed by atoms with Gasteiger partial charge in [0, 0.05) is 8.59 Å². The Morgan fingerprint density at radius 2 is 1.82 bits per heavy atom. The monoisotopic (exact) mass is 358 g/mol. The zero-order valence-corrected chi connectivity index (χ0v) is 12.2. The minimum absolute atomic E-state index is 0.622. The van der Waals surface area contributed by atoms with E-state index in [-0.39, 0.29) is 0 Å². The van der Waals surface area contributed by atoms with E-state index in [2.05, 4.69) is 22.6 Å². The Morgan fingerprint density at radius 3 is 2.47 bits per heavy atom. The van der Waals surface area contributed by atoms with Gasteiger partial charge in [-0.2, -0.15) is 0 Å². The molecule has 0 aliphatic carbocycles. The fourth-order valence-corrected chi connectivity index (χ4v) is 2.40. The van der Waals surface area contributed by atoms with Crippen molar-refractivity contribution < 1.29 is 5.11 Å². The summed E-state index contributed by atoms with van der Waals surface area (Å²) in [4.78, 5) is 0. The Kier molecular flexibility index (Phi) is 4.07. The second kappa shape index (κ2) is 5.38. The third-order valence-corrected chi connectivity index (χ3v) is 3.75. The highest BCUT2D eigenvalue weighted by molar-refractivity contribution is 14.1. The van der Waals surface area contributed by atoms with E-state index < -0.39 is 6.10 Å². The van der Waals surface area contributed by atoms with Gasteiger partial charge in [-0.1, -0.05) is 35.9 Å². The van der Waals surface area contributed by atoms with Gasteiger partial charge in [0.2, 0.25) is 0 Å². The van der Waals surface area contributed by atoms with Crippen LogP contribution in [0.1, 0.15) is 22.8 Å². The van der Waals surface area contributed by atoms with Crippen molar-refractivity contribution >= 4 is 34.2 Å². The van der Waals surface area contributed by atoms with Gasteiger partial charge in [0.05, 0.1) is 0 Å². The predicted molar refractivity (Wildman–Crippen MR) is 79.4 cm³/mol. The first-order chi connectivity index (χ1) is 8.08. The lowest BCUT2D eigenvalue weighted by Crippen LogP contribution is -2.00. The molecule has 0 saturated carbocycles. The van der Waals surface area contributed by atoms with Gasteiger partial charge in [0.25, 0.3) is 0 Å². The first-order valence-electron chi connectivity index (χ1n) is 5.27. The van der Waals surface area contributed by atoms with Gasteiger partial charge in [-0.25, -0.2) is 0 Å². The third kappa shape index (κ3) is 3.00. The molecule has 0 fully saturated rings. The molecule has 0 aromatic heterocycles. The lowest BCUT2D eigenvalue weighted by molar-refractivity contribution is 0.220. The van der Waals surface area contributed by atoms with E-state index in [1.807, 2.05) is 49.4 Å². The summed E-state index contributed by atoms with van der Waals surface area (Å²) in [6, 6.07) is 13.5. The Morgan fingerprint density at radius 1 is 1.12 bits per heavy atom. The number of aliphatic hydroxyl groups is 1. The molecule has 0 spiro atoms. The van der Waals surface area contributed by atoms with Gasteiger partial charge < -0.3 is 5.11 Å². The normalized spacial score (nSPS) is 12.5. The quantitative estimate of drug-likeness (QED) is 0.792. The van der Waals surface area contributed by atoms with Crippen LogP contribution >= 0.6 is 34.2 Å². The molecule has 3 heteroatoms. The van der Waals surface area contributed by atoms with Crippen LogP contribution < -0.4 is 0 Å². The minimum atomic E-state index is -0.622. The Balaban J connectivity index is 2.36. The van der Waals surface area contributed by atoms with E-state index in [4.69, 9.17) is 11.6 Å². The summed E-state index contributed by atoms with van der Waals surface area (Å²) in [5, 5.41) is 11.0. The number of aryl methyl sites for hydroxylation is 1. The molecule has 1 unspecified atom stereocenters. The molecule has 1 N–H and O–H groups in total. The maximum absolute atomic E-state index is 10.3. The third-order valence-electron chi connectivity index (χ3n) is 2.68. The first-order valence-corrected chi connectivity index (χ1v) is 6.73. The highest BCUT2D eigenvalue weighted by Gasteiger charge is 2.11. The molecule has 2 rings (SSSR count). The molecule has 0 amide bonds. The van der Waals surface area contributed by atoms with Gasteiger partial charge in [-0.05, 0) is 64.4 Å². The number of hydrogen-bond donors (Lipinski definition) is 1. The molecule has 0 heterocycles. The molecule has 88 valence electrons. The van der Waals surface area contributed by atoms with Crippen LogP contribution in [-0.4, -0.2) is 5.11 Å². The summed E-state index contributed by atoms with van der Waals surface area (Å²) in [7, 11) is 0. The molecule has 0 radical (unpaired) electrons. The van der Waals surface area contributed by atoms with Gasteiger partial charge in [0.1, 0.15) is 6.10 Å². The molecule has 17 heavy (non-hydrogen) atoms. The van der Waals surface area contributed by atoms with Gasteiger partial charge in [-0.3, -0.25) is 0 Å². The standard InChI is InChI=1S/C14H12ClIO/c1-9-5-6-11(8-13(9)15)14(17)10-3-2-4-12(16)7-10/h2-8,14,17H,1H3. The van der Waals surface area contributed by atoms with Crippen LogP contribution in [0.25, 0.3) is 0 Å². The van der Waals surface area contributed by atoms with Gasteiger partial charge >= 0.3 is 0 Å². The van der Waals surface area contributed by atoms with Crippen LogP contribution in [0.15, 0.2) is 42.5 Å². The second-order valence-electron chi connectivity index (χ2n) is 3.97. The van der Waals surface area contributed by atoms with Crippen molar-refractivity contribution in [2.24, 2.45) is 0 Å². The van der Waals surface area contributed by atoms with Crippen molar-refractivity contribution in [3.05, 3.63) is 67.7 Å². The Bertz CT molecular complexity index is 539. The summed E-state index contributed by atoms with van der Waals surface area (Å²) in [6.07, 6.45) is -0.622. The maximum Gasteiger partial charge on any atom is 0.104 e. The van der Waals surface area contributed by atoms with E-state index in [0.717, 1.165) is 20.3 Å². The molecular weight excluding hydrogens is 347 g/mol. The highest BCUT2D eigenvalue weighted by Crippen LogP contribution is 2.26. The van der Waals surface area contributed by atoms with Crippen molar-refractivity contribution in [1.29, 1.82) is 0 Å². The molecular formula is C14H12ClIO. The molecule has 1 atom stereocenters. The zero-order valence-electron chi connectivity index (χ0n) is 9.32. The average molecular weight is 359 g/mol. The number of hydrogen-bond acceptors (Lipinski definition) is 1. The SMILES string of the molecule is Cc1ccc(C(O)c2cccc(I)c2)cc1Cl. The molecule has 2 aromatic carbocycles. The number of aliphatic hydroxyl groups excluding tert-OH is 1. The van der Waals surface area contributed by atoms with Crippen LogP contribution in [0.3, 0.4) is 0 Å². The van der Waals surface area contributed by atoms with Crippen molar-refractivity contribution in [3.8, 4) is 0 Å². The smallest absolute Gasteiger partial charge is 0.104 e. The summed E-state index contributed by atoms with van der Waals surface area (Å²) < 4.78 is 1.11. The lowest BCUT2D eigenvalue weighted by atomic mass is 10.0. The molecule has 2 aromatic rings. The van der Waals surface area contributed by atoms with E-state index in [1.165, 1.54) is 0 Å². The Hall–Kier alpha value is -0.580. The molecule has 0 aliphatic heterocycles. The zero-order chi connectivity index (χ0) is 12.4. The summed E-state index contributed by atoms with van der Waals surface area (Å²) in [5.74, 6) is 0. The summed E-state index contributed by atoms with van der Waals surface area (Å²) >= 11 is 8.30. The number of benzene rings is 2. The topological polar surface area (TPSA) is 20.2 Å². The molecule has 1 nitrogen and oxygen atoms in total. The van der Waals surface area contributed by atoms with E-state index in [1.54, 1.807) is 0 Å². The average Bonchev–Trinajstić information content (AvgIpc) is 2.32. The highest BCUT2D eigenvalue weighted by atomic mass is 127. The lowest BCUT2D eigenvalue weighted by Gasteiger charge is -2.13. The van der Waals surface area contributed by atoms with Crippen LogP contribution in [0.5, 0.6) is 0 Å². The summed E-state index contributed by atoms with van der Waals surface area (Å²) in [5.41, 5.74) is 2.73. The van der Waals surface area contributed by atoms with E-state index in [0.29, 0.717) is 5.02 Å². The number of rotatable bonds is 2. The second-order valence-corrected chi connectivity index (χ2v) is 5.62. The Labute approximate surface area is 120 Å². The molecule has 0 aliphatic rings. The van der Waals surface area contributed by atoms with Gasteiger partial charge in [0.15, 0.2) is 0 Å². The van der Waals surface area contributed by atoms with Gasteiger partial charge in [-0.15, -0.1) is 0 Å². The van der Waals surface area contributed by atoms with Crippen molar-refractivity contribution in [2.75, 3.05) is 0 Å². The van der Waals surface area contributed by atoms with Crippen LogP contribution in [0.4, 0.5) is 0 Å². The molecule has 0 saturated heterocycles. The van der Waals surface area contributed by atoms with Crippen molar-refractivity contribution in [1.82, 2.24) is 0 Å². The van der Waals surface area contributed by atoms with E-state index >= 15 is 0 Å². The van der Waals surface area contributed by atoms with Crippen LogP contribution in [-0.2, 0) is 0 Å². The van der Waals surface area contributed by atoms with Crippen molar-refractivity contribution in [2.45, 2.75) is 13.0 Å². The molecule has 0 bridgehead atoms. The first kappa shape index (κ1) is 12.9. The fraction of sp³-hybridized carbons (Fsp3) is 0.143. The summed E-state index contributed by atoms with van der Waals surface area (Å²) in [6.45, 7) is 1.95. The predicted octanol–water partition coefficient (Wildman–Crippen LogP) is 4.33.